The van der Waals surface area contributed by atoms with Gasteiger partial charge in [-0.15, -0.1) is 46.2 Å². The number of aromatic hydroxyl groups is 2. The van der Waals surface area contributed by atoms with Crippen LogP contribution >= 0.6 is 62.1 Å². The number of amides is 2. The van der Waals surface area contributed by atoms with Crippen molar-refractivity contribution in [3.05, 3.63) is 49.2 Å². The average molecular weight is 701 g/mol. The van der Waals surface area contributed by atoms with Crippen LogP contribution in [0.2, 0.25) is 0 Å². The Balaban J connectivity index is 1.35. The highest BCUT2D eigenvalue weighted by Crippen LogP contribution is 2.44. The summed E-state index contributed by atoms with van der Waals surface area (Å²) in [5.41, 5.74) is 5.56. The van der Waals surface area contributed by atoms with Gasteiger partial charge in [0.25, 0.3) is 11.8 Å². The summed E-state index contributed by atoms with van der Waals surface area (Å²) in [6, 6.07) is 1.56. The standard InChI is InChI=1S/C23H18BrN5O8S4/c1-37-28-14(9-6-40-23(25)26-9)19(33)27-15-20(34)29-16(22(35)36)7(5-39-21(15)29)4-38-12-3-10(30)8-2-11(31)17(32)13(24)18(8)41-12/h2-3,6,15,21,31-32H,4-5H2,1H3,(H2,25,26)(H,27,33)(H,35,36)/b28-14+/t15-,21-/m1/s1. The lowest BCUT2D eigenvalue weighted by Gasteiger charge is -2.49. The van der Waals surface area contributed by atoms with Crippen molar-refractivity contribution in [2.75, 3.05) is 24.3 Å². The minimum absolute atomic E-state index is 0.168. The molecule has 0 aliphatic carbocycles. The minimum Gasteiger partial charge on any atom is -0.504 e. The fourth-order valence-corrected chi connectivity index (χ4v) is 9.05. The smallest absolute Gasteiger partial charge is 0.352 e. The number of hydrogen-bond acceptors (Lipinski definition) is 14. The van der Waals surface area contributed by atoms with Crippen LogP contribution in [0.3, 0.4) is 0 Å². The second kappa shape index (κ2) is 11.5. The van der Waals surface area contributed by atoms with Crippen molar-refractivity contribution in [3.8, 4) is 11.5 Å². The van der Waals surface area contributed by atoms with E-state index in [1.54, 1.807) is 0 Å². The number of nitrogen functional groups attached to an aromatic ring is 1. The maximum absolute atomic E-state index is 13.1. The Bertz CT molecular complexity index is 1740. The number of phenolic OH excluding ortho intramolecular Hbond substituents is 2. The molecule has 0 saturated carbocycles. The van der Waals surface area contributed by atoms with E-state index in [0.717, 1.165) is 16.2 Å². The van der Waals surface area contributed by atoms with Gasteiger partial charge in [-0.3, -0.25) is 19.3 Å². The Morgan fingerprint density at radius 3 is 2.76 bits per heavy atom. The number of aliphatic carboxylic acids is 1. The van der Waals surface area contributed by atoms with E-state index in [9.17, 15) is 34.5 Å². The van der Waals surface area contributed by atoms with Crippen LogP contribution in [0.4, 0.5) is 5.13 Å². The Labute approximate surface area is 255 Å². The van der Waals surface area contributed by atoms with E-state index in [1.807, 2.05) is 0 Å². The van der Waals surface area contributed by atoms with Gasteiger partial charge < -0.3 is 31.2 Å². The van der Waals surface area contributed by atoms with E-state index < -0.39 is 40.7 Å². The first-order valence-electron chi connectivity index (χ1n) is 11.4. The van der Waals surface area contributed by atoms with Gasteiger partial charge in [-0.2, -0.15) is 0 Å². The van der Waals surface area contributed by atoms with Gasteiger partial charge in [-0.1, -0.05) is 5.16 Å². The number of nitrogens with zero attached hydrogens (tertiary/aromatic N) is 3. The second-order valence-electron chi connectivity index (χ2n) is 8.47. The molecule has 0 radical (unpaired) electrons. The monoisotopic (exact) mass is 699 g/mol. The average Bonchev–Trinajstić information content (AvgIpc) is 3.37. The lowest BCUT2D eigenvalue weighted by molar-refractivity contribution is -0.150. The number of phenols is 2. The SMILES string of the molecule is CO/N=C(/C(=O)N[C@@H]1C(=O)N2C(C(=O)O)=C(CSc3cc(=O)c4cc(O)c(O)c(Br)c4s3)CS[C@H]12)c1csc(N)n1. The van der Waals surface area contributed by atoms with Gasteiger partial charge in [0.15, 0.2) is 27.8 Å². The van der Waals surface area contributed by atoms with Gasteiger partial charge >= 0.3 is 5.97 Å². The summed E-state index contributed by atoms with van der Waals surface area (Å²) < 4.78 is 1.15. The number of oxime groups is 1. The third kappa shape index (κ3) is 5.36. The van der Waals surface area contributed by atoms with E-state index in [2.05, 4.69) is 31.4 Å². The van der Waals surface area contributed by atoms with Gasteiger partial charge in [0, 0.05) is 28.3 Å². The van der Waals surface area contributed by atoms with Gasteiger partial charge in [0.05, 0.1) is 13.4 Å². The lowest BCUT2D eigenvalue weighted by Crippen LogP contribution is -2.71. The molecule has 2 aromatic heterocycles. The molecular formula is C23H18BrN5O8S4. The van der Waals surface area contributed by atoms with Crippen LogP contribution in [0.15, 0.2) is 47.4 Å². The maximum atomic E-state index is 13.1. The fraction of sp³-hybridized carbons (Fsp3) is 0.217. The Morgan fingerprint density at radius 1 is 1.34 bits per heavy atom. The van der Waals surface area contributed by atoms with Crippen LogP contribution < -0.4 is 16.5 Å². The molecule has 0 bridgehead atoms. The second-order valence-corrected chi connectivity index (χ2v) is 13.6. The van der Waals surface area contributed by atoms with Crippen molar-refractivity contribution < 1.29 is 34.5 Å². The van der Waals surface area contributed by atoms with Crippen LogP contribution in [0, 0.1) is 0 Å². The Kier molecular flexibility index (Phi) is 8.20. The number of carboxylic acid groups (broad SMARTS) is 1. The summed E-state index contributed by atoms with van der Waals surface area (Å²) in [6.07, 6.45) is 0. The minimum atomic E-state index is -1.29. The zero-order valence-electron chi connectivity index (χ0n) is 20.6. The third-order valence-electron chi connectivity index (χ3n) is 5.98. The summed E-state index contributed by atoms with van der Waals surface area (Å²) in [5.74, 6) is -3.01. The summed E-state index contributed by atoms with van der Waals surface area (Å²) in [6.45, 7) is 0. The molecule has 1 fully saturated rings. The van der Waals surface area contributed by atoms with Gasteiger partial charge in [-0.25, -0.2) is 9.78 Å². The molecule has 13 nitrogen and oxygen atoms in total. The largest absolute Gasteiger partial charge is 0.504 e. The molecule has 18 heteroatoms. The summed E-state index contributed by atoms with van der Waals surface area (Å²) in [4.78, 5) is 60.8. The molecule has 4 heterocycles. The van der Waals surface area contributed by atoms with Crippen molar-refractivity contribution in [1.82, 2.24) is 15.2 Å². The number of nitrogens with two attached hydrogens (primary N) is 1. The number of hydrogen-bond donors (Lipinski definition) is 5. The van der Waals surface area contributed by atoms with Gasteiger partial charge in [0.2, 0.25) is 0 Å². The molecule has 6 N–H and O–H groups in total. The van der Waals surface area contributed by atoms with Crippen LogP contribution in [0.5, 0.6) is 11.5 Å². The molecule has 0 unspecified atom stereocenters. The van der Waals surface area contributed by atoms with E-state index >= 15 is 0 Å². The molecule has 0 spiro atoms. The number of thioether (sulfide) groups is 2. The van der Waals surface area contributed by atoms with Crippen LogP contribution in [0.1, 0.15) is 5.69 Å². The highest BCUT2D eigenvalue weighted by Gasteiger charge is 2.54. The quantitative estimate of drug-likeness (QED) is 0.0756. The van der Waals surface area contributed by atoms with E-state index in [-0.39, 0.29) is 49.0 Å². The molecule has 3 aromatic rings. The van der Waals surface area contributed by atoms with Gasteiger partial charge in [0.1, 0.15) is 29.9 Å². The Morgan fingerprint density at radius 2 is 2.10 bits per heavy atom. The number of β-lactam (4-membered cyclic amide) rings is 1. The zero-order chi connectivity index (χ0) is 29.6. The predicted octanol–water partition coefficient (Wildman–Crippen LogP) is 2.36. The fourth-order valence-electron chi connectivity index (χ4n) is 4.13. The number of benzene rings is 1. The first-order chi connectivity index (χ1) is 19.5. The van der Waals surface area contributed by atoms with Crippen LogP contribution in [-0.4, -0.2) is 78.7 Å². The summed E-state index contributed by atoms with van der Waals surface area (Å²) >= 11 is 7.99. The number of fused-ring (bicyclic) bond motifs is 2. The molecule has 214 valence electrons. The van der Waals surface area contributed by atoms with Crippen molar-refractivity contribution in [2.45, 2.75) is 15.6 Å². The maximum Gasteiger partial charge on any atom is 0.352 e. The number of carbonyl (C=O) groups is 3. The first-order valence-corrected chi connectivity index (χ1v) is 15.9. The molecular weight excluding hydrogens is 682 g/mol. The first kappa shape index (κ1) is 29.2. The normalized spacial score (nSPS) is 18.7. The van der Waals surface area contributed by atoms with Crippen molar-refractivity contribution in [1.29, 1.82) is 0 Å². The van der Waals surface area contributed by atoms with Crippen LogP contribution in [-0.2, 0) is 19.2 Å². The Hall–Kier alpha value is -3.32. The number of carboxylic acids is 1. The van der Waals surface area contributed by atoms with E-state index in [0.29, 0.717) is 14.5 Å². The van der Waals surface area contributed by atoms with Crippen molar-refractivity contribution >= 4 is 101 Å². The summed E-state index contributed by atoms with van der Waals surface area (Å²) in [5, 5.41) is 37.4. The molecule has 1 saturated heterocycles. The number of anilines is 1. The number of carbonyl (C=O) groups excluding carboxylic acids is 2. The number of nitrogens with one attached hydrogen (secondary N) is 1. The number of rotatable bonds is 8. The number of halogens is 1. The van der Waals surface area contributed by atoms with E-state index in [4.69, 9.17) is 10.6 Å². The third-order valence-corrected chi connectivity index (χ3v) is 11.5. The molecule has 2 aliphatic heterocycles. The molecule has 1 aromatic carbocycles. The highest BCUT2D eigenvalue weighted by molar-refractivity contribution is 9.10. The van der Waals surface area contributed by atoms with Crippen molar-refractivity contribution in [3.63, 3.8) is 0 Å². The van der Waals surface area contributed by atoms with Crippen LogP contribution in [0.25, 0.3) is 10.1 Å². The molecule has 5 rings (SSSR count). The zero-order valence-corrected chi connectivity index (χ0v) is 25.5. The topological polar surface area (TPSA) is 205 Å². The van der Waals surface area contributed by atoms with Crippen molar-refractivity contribution in [2.24, 2.45) is 5.16 Å². The van der Waals surface area contributed by atoms with E-state index in [1.165, 1.54) is 59.5 Å². The predicted molar refractivity (Wildman–Crippen MR) is 160 cm³/mol. The lowest BCUT2D eigenvalue weighted by atomic mass is 10.0. The highest BCUT2D eigenvalue weighted by atomic mass is 79.9. The molecule has 2 atom stereocenters. The molecule has 2 aliphatic rings. The number of thiazole rings is 1. The molecule has 2 amide bonds. The molecule has 41 heavy (non-hydrogen) atoms. The number of aromatic nitrogens is 1. The van der Waals surface area contributed by atoms with Gasteiger partial charge in [-0.05, 0) is 27.6 Å². The summed E-state index contributed by atoms with van der Waals surface area (Å²) in [7, 11) is 1.25.